The predicted molar refractivity (Wildman–Crippen MR) is 126 cm³/mol. The maximum Gasteiger partial charge on any atom is 0.245 e. The molecule has 0 bridgehead atoms. The number of likely N-dealkylation sites (N-methyl/N-ethyl adjacent to an activating group) is 2. The molecule has 0 aromatic rings. The van der Waals surface area contributed by atoms with Gasteiger partial charge in [-0.1, -0.05) is 55.4 Å². The Morgan fingerprint density at radius 2 is 0.906 bits per heavy atom. The zero-order valence-electron chi connectivity index (χ0n) is 21.6. The molecule has 0 aromatic carbocycles. The number of hydrogen-bond donors (Lipinski definition) is 2. The number of amides is 4. The SMILES string of the molecule is CC(C)CC1C(=O)NC(C(C)C)C(=O)N(C)C(CC(C)C)C(=O)NC(C(C)C)C(=O)N1C. The molecule has 1 rings (SSSR count). The van der Waals surface area contributed by atoms with Crippen LogP contribution in [0.15, 0.2) is 0 Å². The van der Waals surface area contributed by atoms with Crippen LogP contribution in [0.2, 0.25) is 0 Å². The molecule has 0 aromatic heterocycles. The molecule has 1 fully saturated rings. The van der Waals surface area contributed by atoms with E-state index in [0.717, 1.165) is 0 Å². The summed E-state index contributed by atoms with van der Waals surface area (Å²) in [5.74, 6) is -1.32. The molecule has 4 atom stereocenters. The van der Waals surface area contributed by atoms with Crippen LogP contribution in [0.3, 0.4) is 0 Å². The van der Waals surface area contributed by atoms with E-state index in [2.05, 4.69) is 10.6 Å². The van der Waals surface area contributed by atoms with Crippen LogP contribution in [0.25, 0.3) is 0 Å². The Bertz CT molecular complexity index is 631. The second-order valence-electron chi connectivity index (χ2n) is 10.6. The normalized spacial score (nSPS) is 26.6. The van der Waals surface area contributed by atoms with Crippen LogP contribution in [-0.4, -0.2) is 71.7 Å². The van der Waals surface area contributed by atoms with Crippen molar-refractivity contribution in [3.05, 3.63) is 0 Å². The smallest absolute Gasteiger partial charge is 0.245 e. The van der Waals surface area contributed by atoms with E-state index >= 15 is 0 Å². The van der Waals surface area contributed by atoms with E-state index in [9.17, 15) is 19.2 Å². The molecule has 1 aliphatic heterocycles. The third-order valence-electron chi connectivity index (χ3n) is 6.09. The first-order valence-corrected chi connectivity index (χ1v) is 11.8. The molecule has 184 valence electrons. The predicted octanol–water partition coefficient (Wildman–Crippen LogP) is 2.03. The summed E-state index contributed by atoms with van der Waals surface area (Å²) < 4.78 is 0. The fourth-order valence-corrected chi connectivity index (χ4v) is 4.05. The Kier molecular flexibility index (Phi) is 10.2. The van der Waals surface area contributed by atoms with Gasteiger partial charge in [-0.05, 0) is 36.5 Å². The number of nitrogens with zero attached hydrogens (tertiary/aromatic N) is 2. The van der Waals surface area contributed by atoms with Crippen LogP contribution in [0, 0.1) is 23.7 Å². The first kappa shape index (κ1) is 27.9. The van der Waals surface area contributed by atoms with Crippen molar-refractivity contribution in [2.75, 3.05) is 14.1 Å². The van der Waals surface area contributed by atoms with Gasteiger partial charge in [0, 0.05) is 14.1 Å². The molecular formula is C24H44N4O4. The van der Waals surface area contributed by atoms with Gasteiger partial charge in [-0.25, -0.2) is 0 Å². The number of nitrogens with one attached hydrogen (secondary N) is 2. The lowest BCUT2D eigenvalue weighted by Gasteiger charge is -2.38. The third-order valence-corrected chi connectivity index (χ3v) is 6.09. The lowest BCUT2D eigenvalue weighted by atomic mass is 9.94. The number of rotatable bonds is 6. The summed E-state index contributed by atoms with van der Waals surface area (Å²) in [7, 11) is 3.21. The highest BCUT2D eigenvalue weighted by Gasteiger charge is 2.40. The van der Waals surface area contributed by atoms with Gasteiger partial charge in [-0.15, -0.1) is 0 Å². The van der Waals surface area contributed by atoms with Crippen molar-refractivity contribution < 1.29 is 19.2 Å². The zero-order chi connectivity index (χ0) is 24.9. The van der Waals surface area contributed by atoms with Gasteiger partial charge >= 0.3 is 0 Å². The molecule has 1 heterocycles. The molecule has 0 saturated carbocycles. The van der Waals surface area contributed by atoms with E-state index in [4.69, 9.17) is 0 Å². The number of hydrogen-bond acceptors (Lipinski definition) is 4. The summed E-state index contributed by atoms with van der Waals surface area (Å²) >= 11 is 0. The van der Waals surface area contributed by atoms with Gasteiger partial charge in [0.15, 0.2) is 0 Å². The maximum atomic E-state index is 13.4. The summed E-state index contributed by atoms with van der Waals surface area (Å²) in [6.07, 6.45) is 0.912. The number of carbonyl (C=O) groups excluding carboxylic acids is 4. The number of carbonyl (C=O) groups is 4. The molecule has 1 aliphatic rings. The average molecular weight is 453 g/mol. The van der Waals surface area contributed by atoms with Crippen molar-refractivity contribution in [1.82, 2.24) is 20.4 Å². The van der Waals surface area contributed by atoms with Gasteiger partial charge < -0.3 is 20.4 Å². The highest BCUT2D eigenvalue weighted by Crippen LogP contribution is 2.19. The lowest BCUT2D eigenvalue weighted by Crippen LogP contribution is -2.63. The highest BCUT2D eigenvalue weighted by molar-refractivity contribution is 5.97. The quantitative estimate of drug-likeness (QED) is 0.644. The maximum absolute atomic E-state index is 13.4. The van der Waals surface area contributed by atoms with Crippen molar-refractivity contribution in [3.63, 3.8) is 0 Å². The molecule has 4 unspecified atom stereocenters. The van der Waals surface area contributed by atoms with E-state index in [1.165, 1.54) is 9.80 Å². The van der Waals surface area contributed by atoms with E-state index in [1.54, 1.807) is 14.1 Å². The molecular weight excluding hydrogens is 408 g/mol. The molecule has 32 heavy (non-hydrogen) atoms. The molecule has 8 heteroatoms. The summed E-state index contributed by atoms with van der Waals surface area (Å²) in [6, 6.07) is -3.03. The van der Waals surface area contributed by atoms with Gasteiger partial charge in [0.25, 0.3) is 0 Å². The van der Waals surface area contributed by atoms with Crippen LogP contribution in [-0.2, 0) is 19.2 Å². The monoisotopic (exact) mass is 452 g/mol. The largest absolute Gasteiger partial charge is 0.342 e. The topological polar surface area (TPSA) is 98.8 Å². The minimum absolute atomic E-state index is 0.160. The Balaban J connectivity index is 3.56. The first-order valence-electron chi connectivity index (χ1n) is 11.8. The summed E-state index contributed by atoms with van der Waals surface area (Å²) in [6.45, 7) is 15.4. The van der Waals surface area contributed by atoms with Gasteiger partial charge in [-0.2, -0.15) is 0 Å². The van der Waals surface area contributed by atoms with Crippen LogP contribution in [0.1, 0.15) is 68.2 Å². The fraction of sp³-hybridized carbons (Fsp3) is 0.833. The van der Waals surface area contributed by atoms with Crippen molar-refractivity contribution in [3.8, 4) is 0 Å². The summed E-state index contributed by atoms with van der Waals surface area (Å²) in [5.41, 5.74) is 0. The van der Waals surface area contributed by atoms with Gasteiger partial charge in [0.2, 0.25) is 23.6 Å². The molecule has 0 spiro atoms. The van der Waals surface area contributed by atoms with Crippen molar-refractivity contribution in [1.29, 1.82) is 0 Å². The molecule has 0 aliphatic carbocycles. The zero-order valence-corrected chi connectivity index (χ0v) is 21.6. The lowest BCUT2D eigenvalue weighted by molar-refractivity contribution is -0.149. The summed E-state index contributed by atoms with van der Waals surface area (Å²) in [5, 5.41) is 5.80. The van der Waals surface area contributed by atoms with Crippen LogP contribution >= 0.6 is 0 Å². The van der Waals surface area contributed by atoms with Crippen molar-refractivity contribution >= 4 is 23.6 Å². The van der Waals surface area contributed by atoms with Gasteiger partial charge in [-0.3, -0.25) is 19.2 Å². The Morgan fingerprint density at radius 1 is 0.625 bits per heavy atom. The third kappa shape index (κ3) is 6.94. The van der Waals surface area contributed by atoms with Gasteiger partial charge in [0.05, 0.1) is 0 Å². The fourth-order valence-electron chi connectivity index (χ4n) is 4.05. The highest BCUT2D eigenvalue weighted by atomic mass is 16.2. The molecule has 1 saturated heterocycles. The molecule has 4 amide bonds. The summed E-state index contributed by atoms with van der Waals surface area (Å²) in [4.78, 5) is 56.4. The minimum Gasteiger partial charge on any atom is -0.342 e. The Morgan fingerprint density at radius 3 is 1.12 bits per heavy atom. The molecule has 0 radical (unpaired) electrons. The van der Waals surface area contributed by atoms with Crippen molar-refractivity contribution in [2.45, 2.75) is 92.4 Å². The van der Waals surface area contributed by atoms with Crippen LogP contribution in [0.5, 0.6) is 0 Å². The molecule has 2 N–H and O–H groups in total. The van der Waals surface area contributed by atoms with Crippen molar-refractivity contribution in [2.24, 2.45) is 23.7 Å². The van der Waals surface area contributed by atoms with Crippen LogP contribution < -0.4 is 10.6 Å². The van der Waals surface area contributed by atoms with Gasteiger partial charge in [0.1, 0.15) is 24.2 Å². The van der Waals surface area contributed by atoms with E-state index in [1.807, 2.05) is 55.4 Å². The van der Waals surface area contributed by atoms with E-state index in [-0.39, 0.29) is 47.3 Å². The van der Waals surface area contributed by atoms with Crippen LogP contribution in [0.4, 0.5) is 0 Å². The average Bonchev–Trinajstić information content (AvgIpc) is 2.68. The second-order valence-corrected chi connectivity index (χ2v) is 10.6. The first-order chi connectivity index (χ1) is 14.7. The molecule has 8 nitrogen and oxygen atoms in total. The Labute approximate surface area is 193 Å². The van der Waals surface area contributed by atoms with E-state index in [0.29, 0.717) is 12.8 Å². The minimum atomic E-state index is -0.784. The standard InChI is InChI=1S/C24H44N4O4/c1-13(2)11-17-21(29)25-20(16(7)8)24(32)28(10)18(12-14(3)4)22(30)26-19(15(5)6)23(31)27(17)9/h13-20H,11-12H2,1-10H3,(H,25,29)(H,26,30). The Hall–Kier alpha value is -2.12. The van der Waals surface area contributed by atoms with E-state index < -0.39 is 24.2 Å². The second kappa shape index (κ2) is 11.7.